The maximum absolute atomic E-state index is 11.4. The van der Waals surface area contributed by atoms with Crippen LogP contribution in [0.5, 0.6) is 5.75 Å². The molecule has 1 radical (unpaired) electrons. The highest BCUT2D eigenvalue weighted by atomic mass is 16.5. The average molecular weight is 363 g/mol. The van der Waals surface area contributed by atoms with E-state index in [0.29, 0.717) is 11.6 Å². The summed E-state index contributed by atoms with van der Waals surface area (Å²) in [6, 6.07) is 12.4. The fourth-order valence-electron chi connectivity index (χ4n) is 3.67. The Hall–Kier alpha value is -2.86. The molecular formula is C21H23N4O2. The van der Waals surface area contributed by atoms with E-state index in [1.54, 1.807) is 6.20 Å². The second-order valence-electron chi connectivity index (χ2n) is 7.19. The first-order valence-electron chi connectivity index (χ1n) is 9.20. The number of amides is 1. The standard InChI is InChI=1S/C21H23N4O2/c1-24-8-3-4-15(13-24)14-27-19-6-2-5-16(11-19)18-10-17-7-9-25(21(22)26)20(17)23-12-18/h2,5-6,9-12,15H,3-4,8,13-14H2,1H3,(H2,22,26). The number of rotatable bonds is 4. The third-order valence-corrected chi connectivity index (χ3v) is 5.06. The number of fused-ring (bicyclic) bond motifs is 1. The molecule has 1 amide bonds. The molecule has 1 aromatic carbocycles. The van der Waals surface area contributed by atoms with Crippen LogP contribution in [0, 0.1) is 12.0 Å². The summed E-state index contributed by atoms with van der Waals surface area (Å²) in [6.07, 6.45) is 5.71. The molecule has 27 heavy (non-hydrogen) atoms. The van der Waals surface area contributed by atoms with Gasteiger partial charge in [0.1, 0.15) is 11.4 Å². The van der Waals surface area contributed by atoms with Gasteiger partial charge in [0.2, 0.25) is 0 Å². The lowest BCUT2D eigenvalue weighted by molar-refractivity contribution is 0.150. The van der Waals surface area contributed by atoms with Gasteiger partial charge >= 0.3 is 6.03 Å². The zero-order chi connectivity index (χ0) is 18.8. The highest BCUT2D eigenvalue weighted by Gasteiger charge is 2.17. The minimum atomic E-state index is -0.565. The lowest BCUT2D eigenvalue weighted by Gasteiger charge is -2.29. The second kappa shape index (κ2) is 7.40. The number of pyridine rings is 1. The fraction of sp³-hybridized carbons (Fsp3) is 0.333. The van der Waals surface area contributed by atoms with Gasteiger partial charge in [0.15, 0.2) is 0 Å². The molecule has 1 fully saturated rings. The van der Waals surface area contributed by atoms with E-state index in [1.807, 2.05) is 30.3 Å². The Kier molecular flexibility index (Phi) is 4.81. The number of nitrogens with two attached hydrogens (primary N) is 1. The molecule has 3 heterocycles. The van der Waals surface area contributed by atoms with E-state index in [0.717, 1.165) is 35.4 Å². The van der Waals surface area contributed by atoms with Crippen LogP contribution in [0.15, 0.2) is 42.7 Å². The maximum Gasteiger partial charge on any atom is 0.324 e. The molecular weight excluding hydrogens is 340 g/mol. The van der Waals surface area contributed by atoms with Crippen molar-refractivity contribution in [2.24, 2.45) is 11.7 Å². The van der Waals surface area contributed by atoms with Crippen LogP contribution in [0.3, 0.4) is 0 Å². The van der Waals surface area contributed by atoms with E-state index in [9.17, 15) is 4.79 Å². The van der Waals surface area contributed by atoms with Crippen molar-refractivity contribution in [3.05, 3.63) is 48.8 Å². The Bertz CT molecular complexity index is 966. The summed E-state index contributed by atoms with van der Waals surface area (Å²) >= 11 is 0. The average Bonchev–Trinajstić information content (AvgIpc) is 3.10. The monoisotopic (exact) mass is 363 g/mol. The highest BCUT2D eigenvalue weighted by Crippen LogP contribution is 2.27. The fourth-order valence-corrected chi connectivity index (χ4v) is 3.67. The van der Waals surface area contributed by atoms with Crippen LogP contribution in [0.1, 0.15) is 12.8 Å². The van der Waals surface area contributed by atoms with Gasteiger partial charge in [-0.15, -0.1) is 0 Å². The van der Waals surface area contributed by atoms with Gasteiger partial charge < -0.3 is 15.4 Å². The van der Waals surface area contributed by atoms with E-state index >= 15 is 0 Å². The Morgan fingerprint density at radius 1 is 1.37 bits per heavy atom. The minimum absolute atomic E-state index is 0.514. The quantitative estimate of drug-likeness (QED) is 0.773. The lowest BCUT2D eigenvalue weighted by atomic mass is 9.99. The van der Waals surface area contributed by atoms with Crippen molar-refractivity contribution in [3.8, 4) is 16.9 Å². The number of likely N-dealkylation sites (tertiary alicyclic amines) is 1. The third kappa shape index (κ3) is 3.80. The largest absolute Gasteiger partial charge is 0.493 e. The van der Waals surface area contributed by atoms with E-state index in [2.05, 4.69) is 23.0 Å². The molecule has 0 spiro atoms. The number of carbonyl (C=O) groups is 1. The molecule has 2 N–H and O–H groups in total. The normalized spacial score (nSPS) is 17.9. The predicted octanol–water partition coefficient (Wildman–Crippen LogP) is 3.15. The summed E-state index contributed by atoms with van der Waals surface area (Å²) in [5, 5.41) is 0.753. The summed E-state index contributed by atoms with van der Waals surface area (Å²) in [6.45, 7) is 3.00. The van der Waals surface area contributed by atoms with Crippen molar-refractivity contribution in [2.45, 2.75) is 12.8 Å². The number of hydrogen-bond donors (Lipinski definition) is 1. The second-order valence-corrected chi connectivity index (χ2v) is 7.19. The van der Waals surface area contributed by atoms with Crippen molar-refractivity contribution in [1.29, 1.82) is 0 Å². The number of nitrogens with zero attached hydrogens (tertiary/aromatic N) is 3. The number of piperidine rings is 1. The number of hydrogen-bond acceptors (Lipinski definition) is 4. The van der Waals surface area contributed by atoms with Gasteiger partial charge in [-0.1, -0.05) is 12.1 Å². The van der Waals surface area contributed by atoms with Gasteiger partial charge in [-0.25, -0.2) is 9.78 Å². The highest BCUT2D eigenvalue weighted by molar-refractivity contribution is 5.90. The van der Waals surface area contributed by atoms with Crippen molar-refractivity contribution in [1.82, 2.24) is 14.5 Å². The Morgan fingerprint density at radius 2 is 2.26 bits per heavy atom. The summed E-state index contributed by atoms with van der Waals surface area (Å²) in [5.74, 6) is 1.44. The summed E-state index contributed by atoms with van der Waals surface area (Å²) in [5.41, 5.74) is 7.82. The topological polar surface area (TPSA) is 73.4 Å². The first-order chi connectivity index (χ1) is 13.1. The zero-order valence-electron chi connectivity index (χ0n) is 15.4. The Morgan fingerprint density at radius 3 is 3.07 bits per heavy atom. The molecule has 0 bridgehead atoms. The third-order valence-electron chi connectivity index (χ3n) is 5.06. The number of ether oxygens (including phenoxy) is 1. The van der Waals surface area contributed by atoms with Crippen LogP contribution < -0.4 is 10.5 Å². The molecule has 6 nitrogen and oxygen atoms in total. The van der Waals surface area contributed by atoms with Crippen LogP contribution >= 0.6 is 0 Å². The van der Waals surface area contributed by atoms with Crippen molar-refractivity contribution >= 4 is 17.1 Å². The van der Waals surface area contributed by atoms with E-state index in [4.69, 9.17) is 10.5 Å². The number of carbonyl (C=O) groups excluding carboxylic acids is 1. The predicted molar refractivity (Wildman–Crippen MR) is 105 cm³/mol. The first-order valence-corrected chi connectivity index (χ1v) is 9.20. The maximum atomic E-state index is 11.4. The van der Waals surface area contributed by atoms with E-state index in [1.165, 1.54) is 30.2 Å². The molecule has 0 aliphatic carbocycles. The molecule has 6 heteroatoms. The summed E-state index contributed by atoms with van der Waals surface area (Å²) in [7, 11) is 2.17. The van der Waals surface area contributed by atoms with Crippen molar-refractivity contribution < 1.29 is 9.53 Å². The van der Waals surface area contributed by atoms with Crippen LogP contribution in [0.4, 0.5) is 4.79 Å². The van der Waals surface area contributed by atoms with Crippen LogP contribution in [-0.4, -0.2) is 47.2 Å². The summed E-state index contributed by atoms with van der Waals surface area (Å²) < 4.78 is 7.35. The molecule has 2 aromatic heterocycles. The SMILES string of the molecule is CN1CCCC(COc2cccc(-c3cnc4c([c]cn4C(N)=O)c3)c2)C1. The summed E-state index contributed by atoms with van der Waals surface area (Å²) in [4.78, 5) is 18.1. The molecule has 3 aromatic rings. The smallest absolute Gasteiger partial charge is 0.324 e. The van der Waals surface area contributed by atoms with Crippen LogP contribution in [0.2, 0.25) is 0 Å². The molecule has 1 unspecified atom stereocenters. The Balaban J connectivity index is 1.51. The zero-order valence-corrected chi connectivity index (χ0v) is 15.4. The first kappa shape index (κ1) is 17.5. The molecule has 1 atom stereocenters. The number of aromatic nitrogens is 2. The van der Waals surface area contributed by atoms with E-state index in [-0.39, 0.29) is 0 Å². The van der Waals surface area contributed by atoms with Crippen LogP contribution in [-0.2, 0) is 0 Å². The Labute approximate surface area is 158 Å². The number of primary amides is 1. The van der Waals surface area contributed by atoms with Gasteiger partial charge in [-0.3, -0.25) is 4.57 Å². The molecule has 1 aliphatic rings. The molecule has 0 saturated carbocycles. The van der Waals surface area contributed by atoms with Gasteiger partial charge in [0.05, 0.1) is 6.61 Å². The van der Waals surface area contributed by atoms with Crippen molar-refractivity contribution in [2.75, 3.05) is 26.7 Å². The van der Waals surface area contributed by atoms with Gasteiger partial charge in [-0.05, 0) is 50.2 Å². The molecule has 1 aliphatic heterocycles. The lowest BCUT2D eigenvalue weighted by Crippen LogP contribution is -2.34. The van der Waals surface area contributed by atoms with Gasteiger partial charge in [0.25, 0.3) is 0 Å². The minimum Gasteiger partial charge on any atom is -0.493 e. The molecule has 139 valence electrons. The van der Waals surface area contributed by atoms with E-state index < -0.39 is 6.03 Å². The number of benzene rings is 1. The van der Waals surface area contributed by atoms with Gasteiger partial charge in [0, 0.05) is 41.9 Å². The molecule has 4 rings (SSSR count). The van der Waals surface area contributed by atoms with Crippen LogP contribution in [0.25, 0.3) is 22.2 Å². The van der Waals surface area contributed by atoms with Crippen molar-refractivity contribution in [3.63, 3.8) is 0 Å². The molecule has 1 saturated heterocycles. The van der Waals surface area contributed by atoms with Gasteiger partial charge in [-0.2, -0.15) is 0 Å².